The van der Waals surface area contributed by atoms with Crippen LogP contribution in [0.4, 0.5) is 0 Å². The van der Waals surface area contributed by atoms with Gasteiger partial charge in [-0.15, -0.1) is 0 Å². The first-order valence-corrected chi connectivity index (χ1v) is 7.94. The first kappa shape index (κ1) is 15.4. The molecule has 1 N–H and O–H groups in total. The molecule has 112 valence electrons. The highest BCUT2D eigenvalue weighted by molar-refractivity contribution is 5.40. The summed E-state index contributed by atoms with van der Waals surface area (Å²) in [6.07, 6.45) is 5.15. The number of ether oxygens (including phenoxy) is 1. The molecule has 0 atom stereocenters. The van der Waals surface area contributed by atoms with Crippen LogP contribution in [-0.4, -0.2) is 19.7 Å². The van der Waals surface area contributed by atoms with E-state index in [0.717, 1.165) is 18.2 Å². The third-order valence-corrected chi connectivity index (χ3v) is 4.76. The Hall–Kier alpha value is -1.02. The van der Waals surface area contributed by atoms with Crippen LogP contribution in [0.3, 0.4) is 0 Å². The van der Waals surface area contributed by atoms with Gasteiger partial charge in [-0.05, 0) is 37.7 Å². The number of para-hydroxylation sites is 1. The van der Waals surface area contributed by atoms with Crippen LogP contribution in [0.2, 0.25) is 0 Å². The minimum Gasteiger partial charge on any atom is -0.496 e. The van der Waals surface area contributed by atoms with Crippen LogP contribution in [-0.2, 0) is 5.41 Å². The number of hydrogen-bond acceptors (Lipinski definition) is 2. The summed E-state index contributed by atoms with van der Waals surface area (Å²) in [7, 11) is 1.79. The van der Waals surface area contributed by atoms with Crippen molar-refractivity contribution in [2.24, 2.45) is 5.92 Å². The van der Waals surface area contributed by atoms with Crippen molar-refractivity contribution in [3.05, 3.63) is 29.8 Å². The zero-order chi connectivity index (χ0) is 14.6. The molecule has 1 aliphatic rings. The van der Waals surface area contributed by atoms with E-state index in [2.05, 4.69) is 50.4 Å². The van der Waals surface area contributed by atoms with Crippen LogP contribution in [0.15, 0.2) is 24.3 Å². The average Bonchev–Trinajstić information content (AvgIpc) is 2.47. The Balaban J connectivity index is 2.30. The molecule has 0 unspecified atom stereocenters. The van der Waals surface area contributed by atoms with E-state index in [1.807, 2.05) is 0 Å². The van der Waals surface area contributed by atoms with E-state index in [1.165, 1.54) is 31.2 Å². The molecule has 1 saturated carbocycles. The van der Waals surface area contributed by atoms with Crippen LogP contribution >= 0.6 is 0 Å². The molecule has 2 rings (SSSR count). The van der Waals surface area contributed by atoms with E-state index in [0.29, 0.717) is 6.04 Å². The lowest BCUT2D eigenvalue weighted by atomic mass is 9.66. The van der Waals surface area contributed by atoms with E-state index >= 15 is 0 Å². The molecule has 0 bridgehead atoms. The smallest absolute Gasteiger partial charge is 0.122 e. The summed E-state index contributed by atoms with van der Waals surface area (Å²) in [5.41, 5.74) is 1.63. The molecular weight excluding hydrogens is 246 g/mol. The van der Waals surface area contributed by atoms with Gasteiger partial charge >= 0.3 is 0 Å². The fraction of sp³-hybridized carbons (Fsp3) is 0.667. The third-order valence-electron chi connectivity index (χ3n) is 4.76. The first-order valence-electron chi connectivity index (χ1n) is 7.94. The molecule has 0 radical (unpaired) electrons. The highest BCUT2D eigenvalue weighted by atomic mass is 16.5. The minimum atomic E-state index is 0.239. The molecule has 0 heterocycles. The van der Waals surface area contributed by atoms with Gasteiger partial charge in [0.25, 0.3) is 0 Å². The second-order valence-electron chi connectivity index (χ2n) is 6.70. The van der Waals surface area contributed by atoms with E-state index in [9.17, 15) is 0 Å². The van der Waals surface area contributed by atoms with Crippen molar-refractivity contribution >= 4 is 0 Å². The van der Waals surface area contributed by atoms with E-state index < -0.39 is 0 Å². The van der Waals surface area contributed by atoms with Gasteiger partial charge < -0.3 is 10.1 Å². The molecule has 1 aliphatic carbocycles. The Labute approximate surface area is 123 Å². The Morgan fingerprint density at radius 2 is 1.90 bits per heavy atom. The summed E-state index contributed by atoms with van der Waals surface area (Å²) in [5.74, 6) is 1.91. The summed E-state index contributed by atoms with van der Waals surface area (Å²) in [6, 6.07) is 9.10. The summed E-state index contributed by atoms with van der Waals surface area (Å²) in [5, 5.41) is 3.67. The Kier molecular flexibility index (Phi) is 5.09. The van der Waals surface area contributed by atoms with E-state index in [1.54, 1.807) is 7.11 Å². The molecule has 0 saturated heterocycles. The van der Waals surface area contributed by atoms with Crippen LogP contribution < -0.4 is 10.1 Å². The van der Waals surface area contributed by atoms with Crippen molar-refractivity contribution in [3.63, 3.8) is 0 Å². The number of rotatable bonds is 5. The third kappa shape index (κ3) is 3.35. The van der Waals surface area contributed by atoms with Gasteiger partial charge in [0.15, 0.2) is 0 Å². The van der Waals surface area contributed by atoms with Crippen molar-refractivity contribution in [2.75, 3.05) is 13.7 Å². The van der Waals surface area contributed by atoms with Crippen LogP contribution in [0, 0.1) is 5.92 Å². The maximum atomic E-state index is 5.63. The Morgan fingerprint density at radius 1 is 1.25 bits per heavy atom. The molecule has 2 nitrogen and oxygen atoms in total. The van der Waals surface area contributed by atoms with Crippen LogP contribution in [0.5, 0.6) is 5.75 Å². The lowest BCUT2D eigenvalue weighted by molar-refractivity contribution is 0.223. The van der Waals surface area contributed by atoms with Crippen molar-refractivity contribution in [1.82, 2.24) is 5.32 Å². The quantitative estimate of drug-likeness (QED) is 0.872. The van der Waals surface area contributed by atoms with Gasteiger partial charge in [0.2, 0.25) is 0 Å². The maximum Gasteiger partial charge on any atom is 0.122 e. The summed E-state index contributed by atoms with van der Waals surface area (Å²) in [4.78, 5) is 0. The second kappa shape index (κ2) is 6.62. The molecule has 20 heavy (non-hydrogen) atoms. The lowest BCUT2D eigenvalue weighted by Gasteiger charge is -2.41. The number of benzene rings is 1. The average molecular weight is 275 g/mol. The van der Waals surface area contributed by atoms with Gasteiger partial charge in [-0.2, -0.15) is 0 Å². The van der Waals surface area contributed by atoms with Crippen molar-refractivity contribution in [3.8, 4) is 5.75 Å². The predicted octanol–water partition coefficient (Wildman–Crippen LogP) is 4.14. The predicted molar refractivity (Wildman–Crippen MR) is 85.4 cm³/mol. The van der Waals surface area contributed by atoms with Crippen molar-refractivity contribution in [1.29, 1.82) is 0 Å². The number of nitrogens with one attached hydrogen (secondary N) is 1. The molecule has 1 aromatic rings. The van der Waals surface area contributed by atoms with Gasteiger partial charge in [0, 0.05) is 23.6 Å². The lowest BCUT2D eigenvalue weighted by Crippen LogP contribution is -2.43. The van der Waals surface area contributed by atoms with Gasteiger partial charge in [-0.1, -0.05) is 39.0 Å². The first-order chi connectivity index (χ1) is 9.57. The monoisotopic (exact) mass is 275 g/mol. The Morgan fingerprint density at radius 3 is 2.50 bits per heavy atom. The van der Waals surface area contributed by atoms with Crippen LogP contribution in [0.1, 0.15) is 52.0 Å². The van der Waals surface area contributed by atoms with Crippen molar-refractivity contribution < 1.29 is 4.74 Å². The zero-order valence-corrected chi connectivity index (χ0v) is 13.4. The highest BCUT2D eigenvalue weighted by Gasteiger charge is 2.37. The number of hydrogen-bond donors (Lipinski definition) is 1. The minimum absolute atomic E-state index is 0.239. The van der Waals surface area contributed by atoms with Gasteiger partial charge in [0.1, 0.15) is 5.75 Å². The normalized spacial score (nSPS) is 26.8. The fourth-order valence-electron chi connectivity index (χ4n) is 3.34. The zero-order valence-electron chi connectivity index (χ0n) is 13.4. The second-order valence-corrected chi connectivity index (χ2v) is 6.70. The van der Waals surface area contributed by atoms with Gasteiger partial charge in [-0.25, -0.2) is 0 Å². The van der Waals surface area contributed by atoms with E-state index in [4.69, 9.17) is 4.74 Å². The molecule has 0 aliphatic heterocycles. The summed E-state index contributed by atoms with van der Waals surface area (Å²) in [6.45, 7) is 7.88. The van der Waals surface area contributed by atoms with E-state index in [-0.39, 0.29) is 5.41 Å². The maximum absolute atomic E-state index is 5.63. The standard InChI is InChI=1S/C18H29NO/c1-14(2)19-13-18(11-9-15(3)10-12-18)16-7-5-6-8-17(16)20-4/h5-8,14-15,19H,9-13H2,1-4H3. The molecule has 1 fully saturated rings. The molecule has 2 heteroatoms. The fourth-order valence-corrected chi connectivity index (χ4v) is 3.34. The van der Waals surface area contributed by atoms with Gasteiger partial charge in [-0.3, -0.25) is 0 Å². The highest BCUT2D eigenvalue weighted by Crippen LogP contribution is 2.44. The molecule has 0 amide bonds. The summed E-state index contributed by atoms with van der Waals surface area (Å²) < 4.78 is 5.63. The molecular formula is C18H29NO. The molecule has 1 aromatic carbocycles. The molecule has 0 spiro atoms. The SMILES string of the molecule is COc1ccccc1C1(CNC(C)C)CCC(C)CC1. The number of methoxy groups -OCH3 is 1. The topological polar surface area (TPSA) is 21.3 Å². The van der Waals surface area contributed by atoms with Crippen LogP contribution in [0.25, 0.3) is 0 Å². The van der Waals surface area contributed by atoms with Crippen molar-refractivity contribution in [2.45, 2.75) is 57.9 Å². The summed E-state index contributed by atoms with van der Waals surface area (Å²) >= 11 is 0. The largest absolute Gasteiger partial charge is 0.496 e. The Bertz CT molecular complexity index is 419. The molecule has 0 aromatic heterocycles. The van der Waals surface area contributed by atoms with Gasteiger partial charge in [0.05, 0.1) is 7.11 Å².